The van der Waals surface area contributed by atoms with Crippen molar-refractivity contribution in [2.45, 2.75) is 0 Å². The number of allylic oxidation sites excluding steroid dienone is 1. The number of rotatable bonds is 1. The van der Waals surface area contributed by atoms with Crippen molar-refractivity contribution in [2.75, 3.05) is 10.5 Å². The summed E-state index contributed by atoms with van der Waals surface area (Å²) in [6.07, 6.45) is 3.94. The predicted molar refractivity (Wildman–Crippen MR) is 67.2 cm³/mol. The summed E-state index contributed by atoms with van der Waals surface area (Å²) in [5, 5.41) is 0. The first-order valence-electron chi connectivity index (χ1n) is 4.86. The molecule has 3 N–H and O–H groups in total. The third-order valence-corrected chi connectivity index (χ3v) is 3.30. The molecule has 0 unspecified atom stereocenters. The number of benzene rings is 1. The van der Waals surface area contributed by atoms with E-state index in [1.807, 2.05) is 6.21 Å². The number of anilines is 1. The van der Waals surface area contributed by atoms with E-state index in [1.165, 1.54) is 0 Å². The zero-order chi connectivity index (χ0) is 11.1. The van der Waals surface area contributed by atoms with Gasteiger partial charge in [-0.05, 0) is 24.1 Å². The maximum absolute atomic E-state index is 11.2. The first kappa shape index (κ1) is 9.47. The second-order valence-corrected chi connectivity index (χ2v) is 4.44. The normalized spacial score (nSPS) is 16.1. The molecule has 2 aliphatic heterocycles. The predicted octanol–water partition coefficient (Wildman–Crippen LogP) is 1.96. The highest BCUT2D eigenvalue weighted by molar-refractivity contribution is 8.00. The molecule has 0 bridgehead atoms. The van der Waals surface area contributed by atoms with Gasteiger partial charge in [0.2, 0.25) is 5.91 Å². The highest BCUT2D eigenvalue weighted by Gasteiger charge is 2.20. The topological polar surface area (TPSA) is 67.5 Å². The van der Waals surface area contributed by atoms with Crippen molar-refractivity contribution in [2.24, 2.45) is 10.7 Å². The van der Waals surface area contributed by atoms with E-state index in [9.17, 15) is 4.79 Å². The lowest BCUT2D eigenvalue weighted by molar-refractivity contribution is 0.100. The SMILES string of the molecule is NC(=O)c1cc2c3c(c1)NSCC=C3C=N2. The van der Waals surface area contributed by atoms with Gasteiger partial charge in [0.25, 0.3) is 0 Å². The molecule has 0 aliphatic carbocycles. The van der Waals surface area contributed by atoms with Crippen LogP contribution in [0.15, 0.2) is 23.2 Å². The molecule has 0 aromatic heterocycles. The van der Waals surface area contributed by atoms with Crippen LogP contribution in [0.4, 0.5) is 11.4 Å². The number of hydrogen-bond donors (Lipinski definition) is 2. The number of amides is 1. The van der Waals surface area contributed by atoms with Crippen LogP contribution < -0.4 is 10.5 Å². The van der Waals surface area contributed by atoms with Crippen LogP contribution in [-0.2, 0) is 0 Å². The summed E-state index contributed by atoms with van der Waals surface area (Å²) in [6, 6.07) is 3.51. The highest BCUT2D eigenvalue weighted by atomic mass is 32.2. The van der Waals surface area contributed by atoms with Gasteiger partial charge in [0.05, 0.1) is 11.4 Å². The number of nitrogens with two attached hydrogens (primary N) is 1. The standard InChI is InChI=1S/C11H9N3OS/c12-11(15)7-3-8-10-6(5-13-8)1-2-16-14-9(10)4-7/h1,3-5,14H,2H2,(H2,12,15). The zero-order valence-corrected chi connectivity index (χ0v) is 9.17. The Morgan fingerprint density at radius 1 is 1.50 bits per heavy atom. The quantitative estimate of drug-likeness (QED) is 0.726. The molecule has 0 fully saturated rings. The molecule has 4 nitrogen and oxygen atoms in total. The van der Waals surface area contributed by atoms with Gasteiger partial charge in [0.1, 0.15) is 0 Å². The van der Waals surface area contributed by atoms with Gasteiger partial charge in [-0.25, -0.2) is 0 Å². The molecule has 0 saturated heterocycles. The summed E-state index contributed by atoms with van der Waals surface area (Å²) in [7, 11) is 0. The number of nitrogens with one attached hydrogen (secondary N) is 1. The Hall–Kier alpha value is -1.75. The summed E-state index contributed by atoms with van der Waals surface area (Å²) in [4.78, 5) is 15.5. The lowest BCUT2D eigenvalue weighted by Crippen LogP contribution is -2.11. The minimum atomic E-state index is -0.428. The van der Waals surface area contributed by atoms with Gasteiger partial charge in [-0.2, -0.15) is 0 Å². The van der Waals surface area contributed by atoms with Gasteiger partial charge < -0.3 is 10.5 Å². The van der Waals surface area contributed by atoms with E-state index >= 15 is 0 Å². The average Bonchev–Trinajstić information content (AvgIpc) is 2.55. The van der Waals surface area contributed by atoms with E-state index in [2.05, 4.69) is 15.8 Å². The van der Waals surface area contributed by atoms with Crippen LogP contribution in [0.3, 0.4) is 0 Å². The third-order valence-electron chi connectivity index (χ3n) is 2.60. The minimum Gasteiger partial charge on any atom is -0.366 e. The average molecular weight is 231 g/mol. The Labute approximate surface area is 96.8 Å². The maximum Gasteiger partial charge on any atom is 0.248 e. The molecule has 1 aromatic rings. The van der Waals surface area contributed by atoms with Gasteiger partial charge in [-0.1, -0.05) is 6.08 Å². The van der Waals surface area contributed by atoms with Gasteiger partial charge >= 0.3 is 0 Å². The van der Waals surface area contributed by atoms with Crippen molar-refractivity contribution in [1.82, 2.24) is 0 Å². The van der Waals surface area contributed by atoms with Crippen LogP contribution >= 0.6 is 11.9 Å². The molecule has 1 aromatic carbocycles. The minimum absolute atomic E-state index is 0.428. The summed E-state index contributed by atoms with van der Waals surface area (Å²) in [5.41, 5.74) is 9.67. The molecule has 5 heteroatoms. The van der Waals surface area contributed by atoms with E-state index in [1.54, 1.807) is 24.1 Å². The first-order chi connectivity index (χ1) is 7.75. The van der Waals surface area contributed by atoms with Crippen LogP contribution in [0.25, 0.3) is 5.57 Å². The zero-order valence-electron chi connectivity index (χ0n) is 8.36. The Morgan fingerprint density at radius 2 is 2.38 bits per heavy atom. The van der Waals surface area contributed by atoms with Crippen LogP contribution in [0.5, 0.6) is 0 Å². The lowest BCUT2D eigenvalue weighted by Gasteiger charge is -2.09. The fourth-order valence-electron chi connectivity index (χ4n) is 1.86. The number of hydrogen-bond acceptors (Lipinski definition) is 4. The molecule has 16 heavy (non-hydrogen) atoms. The molecule has 0 spiro atoms. The van der Waals surface area contributed by atoms with Crippen molar-refractivity contribution in [3.63, 3.8) is 0 Å². The molecule has 3 rings (SSSR count). The van der Waals surface area contributed by atoms with Crippen molar-refractivity contribution in [3.8, 4) is 0 Å². The molecule has 2 aliphatic rings. The molecule has 0 saturated carbocycles. The van der Waals surface area contributed by atoms with Crippen LogP contribution in [0.1, 0.15) is 15.9 Å². The van der Waals surface area contributed by atoms with Gasteiger partial charge in [0.15, 0.2) is 0 Å². The Morgan fingerprint density at radius 3 is 3.19 bits per heavy atom. The second kappa shape index (κ2) is 3.38. The summed E-state index contributed by atoms with van der Waals surface area (Å²) >= 11 is 1.59. The monoisotopic (exact) mass is 231 g/mol. The number of primary amides is 1. The molecular formula is C11H9N3OS. The second-order valence-electron chi connectivity index (χ2n) is 3.61. The van der Waals surface area contributed by atoms with Gasteiger partial charge in [-0.15, -0.1) is 0 Å². The number of carbonyl (C=O) groups excluding carboxylic acids is 1. The number of aliphatic imine (C=N–C) groups is 1. The van der Waals surface area contributed by atoms with Gasteiger partial charge in [-0.3, -0.25) is 9.79 Å². The largest absolute Gasteiger partial charge is 0.366 e. The fraction of sp³-hybridized carbons (Fsp3) is 0.0909. The van der Waals surface area contributed by atoms with Crippen LogP contribution in [0, 0.1) is 0 Å². The van der Waals surface area contributed by atoms with Crippen molar-refractivity contribution < 1.29 is 4.79 Å². The molecule has 0 radical (unpaired) electrons. The van der Waals surface area contributed by atoms with Crippen LogP contribution in [0.2, 0.25) is 0 Å². The molecule has 2 heterocycles. The summed E-state index contributed by atoms with van der Waals surface area (Å²) < 4.78 is 3.21. The Bertz CT molecular complexity index is 548. The van der Waals surface area contributed by atoms with E-state index in [4.69, 9.17) is 5.73 Å². The summed E-state index contributed by atoms with van der Waals surface area (Å²) in [5.74, 6) is 0.448. The summed E-state index contributed by atoms with van der Waals surface area (Å²) in [6.45, 7) is 0. The Kier molecular flexibility index (Phi) is 2.00. The third kappa shape index (κ3) is 1.32. The molecule has 1 amide bonds. The van der Waals surface area contributed by atoms with Crippen molar-refractivity contribution >= 4 is 41.0 Å². The van der Waals surface area contributed by atoms with Crippen molar-refractivity contribution in [3.05, 3.63) is 29.3 Å². The number of carbonyl (C=O) groups is 1. The van der Waals surface area contributed by atoms with Gasteiger partial charge in [0, 0.05) is 28.7 Å². The van der Waals surface area contributed by atoms with E-state index < -0.39 is 5.91 Å². The molecule has 80 valence electrons. The highest BCUT2D eigenvalue weighted by Crippen LogP contribution is 2.40. The fourth-order valence-corrected chi connectivity index (χ4v) is 2.53. The number of nitrogens with zero attached hydrogens (tertiary/aromatic N) is 1. The first-order valence-corrected chi connectivity index (χ1v) is 5.84. The maximum atomic E-state index is 11.2. The lowest BCUT2D eigenvalue weighted by atomic mass is 10.0. The molecule has 0 atom stereocenters. The smallest absolute Gasteiger partial charge is 0.248 e. The van der Waals surface area contributed by atoms with Crippen molar-refractivity contribution in [1.29, 1.82) is 0 Å². The molecular weight excluding hydrogens is 222 g/mol. The van der Waals surface area contributed by atoms with E-state index in [0.717, 1.165) is 28.3 Å². The Balaban J connectivity index is 2.25. The van der Waals surface area contributed by atoms with E-state index in [0.29, 0.717) is 5.56 Å². The van der Waals surface area contributed by atoms with E-state index in [-0.39, 0.29) is 0 Å². The van der Waals surface area contributed by atoms with Crippen LogP contribution in [-0.4, -0.2) is 17.9 Å².